The van der Waals surface area contributed by atoms with E-state index in [9.17, 15) is 4.79 Å². The van der Waals surface area contributed by atoms with Gasteiger partial charge >= 0.3 is 0 Å². The average molecular weight is 474 g/mol. The van der Waals surface area contributed by atoms with Crippen LogP contribution in [0.2, 0.25) is 0 Å². The number of benzene rings is 1. The van der Waals surface area contributed by atoms with Crippen molar-refractivity contribution in [3.05, 3.63) is 35.7 Å². The summed E-state index contributed by atoms with van der Waals surface area (Å²) >= 11 is 1.43. The molecule has 2 aromatic rings. The number of aromatic nitrogens is 2. The number of piperidine rings is 1. The van der Waals surface area contributed by atoms with Gasteiger partial charge in [0.1, 0.15) is 11.6 Å². The Kier molecular flexibility index (Phi) is 9.94. The summed E-state index contributed by atoms with van der Waals surface area (Å²) in [6, 6.07) is 8.21. The lowest BCUT2D eigenvalue weighted by molar-refractivity contribution is -0.125. The van der Waals surface area contributed by atoms with Gasteiger partial charge in [-0.1, -0.05) is 26.0 Å². The van der Waals surface area contributed by atoms with Crippen LogP contribution in [0.1, 0.15) is 57.8 Å². The van der Waals surface area contributed by atoms with E-state index in [1.807, 2.05) is 18.2 Å². The highest BCUT2D eigenvalue weighted by Gasteiger charge is 2.28. The van der Waals surface area contributed by atoms with Gasteiger partial charge in [-0.25, -0.2) is 4.98 Å². The summed E-state index contributed by atoms with van der Waals surface area (Å²) < 4.78 is 9.88. The number of nitrogens with one attached hydrogen (secondary N) is 1. The van der Waals surface area contributed by atoms with Crippen LogP contribution in [0.4, 0.5) is 5.13 Å². The van der Waals surface area contributed by atoms with Gasteiger partial charge in [-0.3, -0.25) is 4.79 Å². The smallest absolute Gasteiger partial charge is 0.225 e. The predicted octanol–water partition coefficient (Wildman–Crippen LogP) is 3.98. The molecule has 1 aromatic carbocycles. The van der Waals surface area contributed by atoms with E-state index in [0.29, 0.717) is 13.0 Å². The van der Waals surface area contributed by atoms with Crippen LogP contribution in [-0.2, 0) is 11.2 Å². The number of ether oxygens (including phenoxy) is 1. The Labute approximate surface area is 202 Å². The maximum atomic E-state index is 12.9. The molecule has 2 atom stereocenters. The Morgan fingerprint density at radius 3 is 2.94 bits per heavy atom. The van der Waals surface area contributed by atoms with E-state index in [4.69, 9.17) is 9.72 Å². The van der Waals surface area contributed by atoms with E-state index in [0.717, 1.165) is 74.1 Å². The molecule has 1 saturated heterocycles. The quantitative estimate of drug-likeness (QED) is 0.503. The molecule has 8 heteroatoms. The average Bonchev–Trinajstić information content (AvgIpc) is 3.30. The number of hydrogen-bond acceptors (Lipinski definition) is 7. The van der Waals surface area contributed by atoms with Gasteiger partial charge in [-0.05, 0) is 69.9 Å². The van der Waals surface area contributed by atoms with Crippen molar-refractivity contribution in [2.24, 2.45) is 5.92 Å². The first kappa shape index (κ1) is 25.4. The number of methoxy groups -OCH3 is 1. The second-order valence-corrected chi connectivity index (χ2v) is 9.62. The number of anilines is 1. The van der Waals surface area contributed by atoms with Crippen LogP contribution in [0.15, 0.2) is 24.3 Å². The maximum Gasteiger partial charge on any atom is 0.225 e. The second-order valence-electron chi connectivity index (χ2n) is 8.89. The Bertz CT molecular complexity index is 870. The normalized spacial score (nSPS) is 17.2. The van der Waals surface area contributed by atoms with Gasteiger partial charge in [0.05, 0.1) is 13.0 Å². The minimum Gasteiger partial charge on any atom is -0.497 e. The van der Waals surface area contributed by atoms with Crippen LogP contribution in [0.5, 0.6) is 5.75 Å². The summed E-state index contributed by atoms with van der Waals surface area (Å²) in [6.45, 7) is 11.4. The standard InChI is InChI=1S/C25H39N5O2S/c1-5-29(6-2)14-8-10-19(3)26-24(31)21-12-9-15-30(18-21)25-27-23(28-33-25)17-20-11-7-13-22(16-20)32-4/h7,11,13,16,19,21H,5-6,8-10,12,14-15,17-18H2,1-4H3,(H,26,31). The zero-order valence-corrected chi connectivity index (χ0v) is 21.4. The molecule has 1 N–H and O–H groups in total. The van der Waals surface area contributed by atoms with Crippen LogP contribution >= 0.6 is 11.5 Å². The summed E-state index contributed by atoms with van der Waals surface area (Å²) in [4.78, 5) is 22.3. The van der Waals surface area contributed by atoms with Crippen LogP contribution in [0.25, 0.3) is 0 Å². The molecule has 0 spiro atoms. The number of amides is 1. The van der Waals surface area contributed by atoms with Gasteiger partial charge in [0.25, 0.3) is 0 Å². The molecule has 3 rings (SSSR count). The fraction of sp³-hybridized carbons (Fsp3) is 0.640. The van der Waals surface area contributed by atoms with E-state index < -0.39 is 0 Å². The van der Waals surface area contributed by atoms with E-state index in [2.05, 4.69) is 46.3 Å². The van der Waals surface area contributed by atoms with Crippen LogP contribution < -0.4 is 15.0 Å². The highest BCUT2D eigenvalue weighted by molar-refractivity contribution is 7.09. The minimum atomic E-state index is 0.00900. The molecular weight excluding hydrogens is 434 g/mol. The highest BCUT2D eigenvalue weighted by Crippen LogP contribution is 2.26. The molecule has 0 saturated carbocycles. The van der Waals surface area contributed by atoms with Crippen molar-refractivity contribution in [1.29, 1.82) is 0 Å². The largest absolute Gasteiger partial charge is 0.497 e. The maximum absolute atomic E-state index is 12.9. The molecule has 1 aromatic heterocycles. The number of nitrogens with zero attached hydrogens (tertiary/aromatic N) is 4. The zero-order valence-electron chi connectivity index (χ0n) is 20.5. The minimum absolute atomic E-state index is 0.00900. The number of rotatable bonds is 12. The third-order valence-electron chi connectivity index (χ3n) is 6.41. The Balaban J connectivity index is 1.49. The third kappa shape index (κ3) is 7.67. The van der Waals surface area contributed by atoms with Crippen molar-refractivity contribution < 1.29 is 9.53 Å². The first-order valence-electron chi connectivity index (χ1n) is 12.3. The molecule has 0 aliphatic carbocycles. The molecule has 33 heavy (non-hydrogen) atoms. The molecule has 1 aliphatic rings. The number of carbonyl (C=O) groups excluding carboxylic acids is 1. The predicted molar refractivity (Wildman–Crippen MR) is 135 cm³/mol. The summed E-state index contributed by atoms with van der Waals surface area (Å²) in [7, 11) is 1.67. The van der Waals surface area contributed by atoms with Crippen molar-refractivity contribution in [2.45, 2.75) is 58.9 Å². The van der Waals surface area contributed by atoms with Crippen molar-refractivity contribution in [1.82, 2.24) is 19.6 Å². The van der Waals surface area contributed by atoms with Gasteiger partial charge in [0.15, 0.2) is 0 Å². The molecule has 0 radical (unpaired) electrons. The number of carbonyl (C=O) groups is 1. The van der Waals surface area contributed by atoms with E-state index in [1.54, 1.807) is 7.11 Å². The van der Waals surface area contributed by atoms with Gasteiger partial charge in [0.2, 0.25) is 11.0 Å². The van der Waals surface area contributed by atoms with E-state index in [-0.39, 0.29) is 17.9 Å². The van der Waals surface area contributed by atoms with Crippen LogP contribution in [-0.4, -0.2) is 66.0 Å². The lowest BCUT2D eigenvalue weighted by atomic mass is 9.97. The molecule has 2 heterocycles. The fourth-order valence-electron chi connectivity index (χ4n) is 4.37. The Hall–Kier alpha value is -2.19. The molecular formula is C25H39N5O2S. The van der Waals surface area contributed by atoms with Crippen LogP contribution in [0.3, 0.4) is 0 Å². The molecule has 1 aliphatic heterocycles. The summed E-state index contributed by atoms with van der Waals surface area (Å²) in [5.74, 6) is 1.85. The lowest BCUT2D eigenvalue weighted by Gasteiger charge is -2.32. The third-order valence-corrected chi connectivity index (χ3v) is 7.23. The monoisotopic (exact) mass is 473 g/mol. The first-order chi connectivity index (χ1) is 16.0. The van der Waals surface area contributed by atoms with Gasteiger partial charge in [-0.15, -0.1) is 0 Å². The Morgan fingerprint density at radius 1 is 1.36 bits per heavy atom. The van der Waals surface area contributed by atoms with Crippen molar-refractivity contribution in [3.8, 4) is 5.75 Å². The van der Waals surface area contributed by atoms with Gasteiger partial charge in [0, 0.05) is 37.1 Å². The summed E-state index contributed by atoms with van der Waals surface area (Å²) in [5.41, 5.74) is 1.13. The topological polar surface area (TPSA) is 70.6 Å². The van der Waals surface area contributed by atoms with E-state index in [1.165, 1.54) is 11.5 Å². The van der Waals surface area contributed by atoms with Crippen molar-refractivity contribution in [3.63, 3.8) is 0 Å². The number of hydrogen-bond donors (Lipinski definition) is 1. The van der Waals surface area contributed by atoms with Gasteiger partial charge < -0.3 is 19.9 Å². The summed E-state index contributed by atoms with van der Waals surface area (Å²) in [5, 5.41) is 4.17. The molecule has 0 bridgehead atoms. The summed E-state index contributed by atoms with van der Waals surface area (Å²) in [6.07, 6.45) is 4.74. The van der Waals surface area contributed by atoms with Gasteiger partial charge in [-0.2, -0.15) is 4.37 Å². The van der Waals surface area contributed by atoms with E-state index >= 15 is 0 Å². The molecule has 1 fully saturated rings. The second kappa shape index (κ2) is 12.9. The fourth-order valence-corrected chi connectivity index (χ4v) is 5.09. The SMILES string of the molecule is CCN(CC)CCCC(C)NC(=O)C1CCCN(c2nc(Cc3cccc(OC)c3)ns2)C1. The Morgan fingerprint density at radius 2 is 2.18 bits per heavy atom. The zero-order chi connectivity index (χ0) is 23.6. The highest BCUT2D eigenvalue weighted by atomic mass is 32.1. The molecule has 1 amide bonds. The van der Waals surface area contributed by atoms with Crippen LogP contribution in [0, 0.1) is 5.92 Å². The first-order valence-corrected chi connectivity index (χ1v) is 13.0. The molecule has 2 unspecified atom stereocenters. The molecule has 7 nitrogen and oxygen atoms in total. The molecule has 182 valence electrons. The van der Waals surface area contributed by atoms with Crippen molar-refractivity contribution in [2.75, 3.05) is 44.7 Å². The van der Waals surface area contributed by atoms with Crippen molar-refractivity contribution >= 4 is 22.6 Å². The lowest BCUT2D eigenvalue weighted by Crippen LogP contribution is -2.45.